The van der Waals surface area contributed by atoms with Crippen molar-refractivity contribution in [3.8, 4) is 0 Å². The molecule has 0 amide bonds. The summed E-state index contributed by atoms with van der Waals surface area (Å²) in [5, 5.41) is 12.2. The second kappa shape index (κ2) is 9.15. The lowest BCUT2D eigenvalue weighted by atomic mass is 10.1. The predicted molar refractivity (Wildman–Crippen MR) is 91.5 cm³/mol. The van der Waals surface area contributed by atoms with E-state index < -0.39 is 0 Å². The van der Waals surface area contributed by atoms with Crippen LogP contribution in [-0.2, 0) is 0 Å². The zero-order chi connectivity index (χ0) is 14.1. The van der Waals surface area contributed by atoms with Gasteiger partial charge in [0.25, 0.3) is 0 Å². The van der Waals surface area contributed by atoms with Crippen LogP contribution in [0.4, 0.5) is 5.69 Å². The van der Waals surface area contributed by atoms with Crippen molar-refractivity contribution in [3.05, 3.63) is 51.1 Å². The first-order chi connectivity index (χ1) is 9.11. The molecular formula is C16H22INO. The number of rotatable bonds is 7. The lowest BCUT2D eigenvalue weighted by Gasteiger charge is -2.07. The van der Waals surface area contributed by atoms with Gasteiger partial charge in [0.1, 0.15) is 0 Å². The molecule has 0 spiro atoms. The Balaban J connectivity index is 2.34. The maximum Gasteiger partial charge on any atom is 0.0614 e. The van der Waals surface area contributed by atoms with E-state index in [1.165, 1.54) is 14.7 Å². The highest BCUT2D eigenvalue weighted by atomic mass is 127. The van der Waals surface area contributed by atoms with Crippen LogP contribution in [0.25, 0.3) is 0 Å². The minimum absolute atomic E-state index is 0.142. The van der Waals surface area contributed by atoms with Crippen LogP contribution in [0.3, 0.4) is 0 Å². The summed E-state index contributed by atoms with van der Waals surface area (Å²) in [4.78, 5) is 0. The number of halogens is 1. The van der Waals surface area contributed by atoms with E-state index in [1.54, 1.807) is 0 Å². The van der Waals surface area contributed by atoms with E-state index in [2.05, 4.69) is 72.1 Å². The monoisotopic (exact) mass is 371 g/mol. The highest BCUT2D eigenvalue weighted by molar-refractivity contribution is 14.1. The number of hydrogen-bond donors (Lipinski definition) is 2. The molecule has 2 N–H and O–H groups in total. The Morgan fingerprint density at radius 1 is 1.26 bits per heavy atom. The van der Waals surface area contributed by atoms with Gasteiger partial charge in [-0.1, -0.05) is 29.4 Å². The summed E-state index contributed by atoms with van der Waals surface area (Å²) in [6, 6.07) is 8.38. The molecule has 0 heterocycles. The highest BCUT2D eigenvalue weighted by Gasteiger charge is 1.94. The molecule has 0 radical (unpaired) electrons. The smallest absolute Gasteiger partial charge is 0.0614 e. The lowest BCUT2D eigenvalue weighted by molar-refractivity contribution is 0.341. The van der Waals surface area contributed by atoms with Crippen LogP contribution in [0, 0.1) is 3.57 Å². The number of allylic oxidation sites excluding steroid dienone is 2. The molecule has 0 atom stereocenters. The van der Waals surface area contributed by atoms with Gasteiger partial charge in [0.15, 0.2) is 0 Å². The van der Waals surface area contributed by atoms with Crippen LogP contribution >= 0.6 is 22.6 Å². The fraction of sp³-hybridized carbons (Fsp3) is 0.375. The Bertz CT molecular complexity index is 452. The summed E-state index contributed by atoms with van der Waals surface area (Å²) < 4.78 is 1.24. The summed E-state index contributed by atoms with van der Waals surface area (Å²) in [5.41, 5.74) is 3.75. The van der Waals surface area contributed by atoms with Gasteiger partial charge in [-0.3, -0.25) is 0 Å². The summed E-state index contributed by atoms with van der Waals surface area (Å²) in [6.45, 7) is 5.22. The second-order valence-electron chi connectivity index (χ2n) is 4.69. The normalized spacial score (nSPS) is 12.6. The molecule has 2 nitrogen and oxygen atoms in total. The molecule has 0 unspecified atom stereocenters. The molecule has 0 bridgehead atoms. The van der Waals surface area contributed by atoms with Crippen LogP contribution in [0.2, 0.25) is 0 Å². The van der Waals surface area contributed by atoms with Crippen molar-refractivity contribution in [2.24, 2.45) is 0 Å². The maximum atomic E-state index is 8.78. The number of anilines is 1. The number of aliphatic hydroxyl groups excluding tert-OH is 1. The van der Waals surface area contributed by atoms with Gasteiger partial charge in [0, 0.05) is 15.8 Å². The van der Waals surface area contributed by atoms with Gasteiger partial charge >= 0.3 is 0 Å². The van der Waals surface area contributed by atoms with E-state index in [4.69, 9.17) is 5.11 Å². The third-order valence-electron chi connectivity index (χ3n) is 2.87. The second-order valence-corrected chi connectivity index (χ2v) is 5.93. The van der Waals surface area contributed by atoms with E-state index in [-0.39, 0.29) is 6.61 Å². The van der Waals surface area contributed by atoms with Crippen molar-refractivity contribution < 1.29 is 5.11 Å². The van der Waals surface area contributed by atoms with Crippen LogP contribution in [0.15, 0.2) is 47.6 Å². The molecule has 0 saturated carbocycles. The molecule has 19 heavy (non-hydrogen) atoms. The summed E-state index contributed by atoms with van der Waals surface area (Å²) in [6.07, 6.45) is 6.17. The van der Waals surface area contributed by atoms with E-state index in [9.17, 15) is 0 Å². The zero-order valence-corrected chi connectivity index (χ0v) is 13.8. The summed E-state index contributed by atoms with van der Waals surface area (Å²) in [7, 11) is 0. The fourth-order valence-corrected chi connectivity index (χ4v) is 2.26. The Morgan fingerprint density at radius 2 is 2.05 bits per heavy atom. The number of aliphatic hydroxyl groups is 1. The predicted octanol–water partition coefficient (Wildman–Crippen LogP) is 4.37. The summed E-state index contributed by atoms with van der Waals surface area (Å²) in [5.74, 6) is 0. The van der Waals surface area contributed by atoms with E-state index in [0.717, 1.165) is 25.1 Å². The minimum Gasteiger partial charge on any atom is -0.392 e. The SMILES string of the molecule is CC(=CCO)CCC=C(C)CNc1cccc(I)c1. The first-order valence-corrected chi connectivity index (χ1v) is 7.61. The molecule has 0 fully saturated rings. The molecule has 0 saturated heterocycles. The third kappa shape index (κ3) is 7.38. The van der Waals surface area contributed by atoms with Gasteiger partial charge in [-0.15, -0.1) is 0 Å². The van der Waals surface area contributed by atoms with Gasteiger partial charge in [-0.25, -0.2) is 0 Å². The molecule has 104 valence electrons. The average Bonchev–Trinajstić information content (AvgIpc) is 2.37. The molecule has 0 aliphatic rings. The Hall–Kier alpha value is -0.810. The minimum atomic E-state index is 0.142. The quantitative estimate of drug-likeness (QED) is 0.551. The molecule has 0 aliphatic carbocycles. The van der Waals surface area contributed by atoms with Crippen molar-refractivity contribution in [1.29, 1.82) is 0 Å². The zero-order valence-electron chi connectivity index (χ0n) is 11.6. The molecule has 0 aromatic heterocycles. The summed E-state index contributed by atoms with van der Waals surface area (Å²) >= 11 is 2.32. The third-order valence-corrected chi connectivity index (χ3v) is 3.54. The van der Waals surface area contributed by atoms with E-state index in [0.29, 0.717) is 0 Å². The van der Waals surface area contributed by atoms with Gasteiger partial charge in [-0.05, 0) is 67.5 Å². The largest absolute Gasteiger partial charge is 0.392 e. The van der Waals surface area contributed by atoms with Crippen LogP contribution in [0.1, 0.15) is 26.7 Å². The van der Waals surface area contributed by atoms with Crippen LogP contribution in [-0.4, -0.2) is 18.3 Å². The van der Waals surface area contributed by atoms with Crippen LogP contribution in [0.5, 0.6) is 0 Å². The van der Waals surface area contributed by atoms with Crippen LogP contribution < -0.4 is 5.32 Å². The maximum absolute atomic E-state index is 8.78. The molecule has 1 aromatic carbocycles. The molecular weight excluding hydrogens is 349 g/mol. The van der Waals surface area contributed by atoms with Crippen molar-refractivity contribution in [1.82, 2.24) is 0 Å². The van der Waals surface area contributed by atoms with E-state index >= 15 is 0 Å². The number of nitrogens with one attached hydrogen (secondary N) is 1. The Labute approximate surface area is 129 Å². The lowest BCUT2D eigenvalue weighted by Crippen LogP contribution is -2.02. The molecule has 1 aromatic rings. The Kier molecular flexibility index (Phi) is 7.82. The molecule has 0 aliphatic heterocycles. The van der Waals surface area contributed by atoms with Crippen molar-refractivity contribution in [2.75, 3.05) is 18.5 Å². The van der Waals surface area contributed by atoms with Gasteiger partial charge < -0.3 is 10.4 Å². The Morgan fingerprint density at radius 3 is 2.74 bits per heavy atom. The fourth-order valence-electron chi connectivity index (χ4n) is 1.72. The van der Waals surface area contributed by atoms with Gasteiger partial charge in [0.2, 0.25) is 0 Å². The van der Waals surface area contributed by atoms with Crippen molar-refractivity contribution >= 4 is 28.3 Å². The molecule has 1 rings (SSSR count). The average molecular weight is 371 g/mol. The topological polar surface area (TPSA) is 32.3 Å². The van der Waals surface area contributed by atoms with Gasteiger partial charge in [-0.2, -0.15) is 0 Å². The van der Waals surface area contributed by atoms with E-state index in [1.807, 2.05) is 6.08 Å². The first-order valence-electron chi connectivity index (χ1n) is 6.53. The number of benzene rings is 1. The van der Waals surface area contributed by atoms with Crippen molar-refractivity contribution in [3.63, 3.8) is 0 Å². The van der Waals surface area contributed by atoms with Gasteiger partial charge in [0.05, 0.1) is 6.61 Å². The highest BCUT2D eigenvalue weighted by Crippen LogP contribution is 2.13. The standard InChI is InChI=1S/C16H22INO/c1-13(9-10-19)5-3-6-14(2)12-18-16-8-4-7-15(17)11-16/h4,6-9,11,18-19H,3,5,10,12H2,1-2H3. The van der Waals surface area contributed by atoms with Crippen molar-refractivity contribution in [2.45, 2.75) is 26.7 Å². The first kappa shape index (κ1) is 16.2. The number of hydrogen-bond acceptors (Lipinski definition) is 2. The molecule has 3 heteroatoms.